The molecule has 0 aromatic heterocycles. The van der Waals surface area contributed by atoms with E-state index in [1.807, 2.05) is 0 Å². The molecule has 518 valence electrons. The topological polar surface area (TPSA) is 72.8 Å². The molecule has 5 nitrogen and oxygen atoms in total. The van der Waals surface area contributed by atoms with Gasteiger partial charge in [0.1, 0.15) is 6.61 Å². The van der Waals surface area contributed by atoms with E-state index in [4.69, 9.17) is 9.47 Å². The Morgan fingerprint density at radius 1 is 0.267 bits per heavy atom. The Morgan fingerprint density at radius 3 is 0.722 bits per heavy atom. The van der Waals surface area contributed by atoms with E-state index in [2.05, 4.69) is 135 Å². The number of aliphatic hydroxyl groups is 1. The van der Waals surface area contributed by atoms with Crippen molar-refractivity contribution in [2.75, 3.05) is 13.2 Å². The molecule has 0 aliphatic heterocycles. The van der Waals surface area contributed by atoms with Crippen LogP contribution in [0.25, 0.3) is 0 Å². The van der Waals surface area contributed by atoms with Gasteiger partial charge in [0.05, 0.1) is 6.61 Å². The van der Waals surface area contributed by atoms with Crippen LogP contribution in [0, 0.1) is 0 Å². The van der Waals surface area contributed by atoms with Gasteiger partial charge in [-0.1, -0.05) is 386 Å². The van der Waals surface area contributed by atoms with E-state index in [1.54, 1.807) is 0 Å². The second-order valence-electron chi connectivity index (χ2n) is 26.1. The molecule has 0 radical (unpaired) electrons. The third-order valence-corrected chi connectivity index (χ3v) is 17.2. The Balaban J connectivity index is 3.44. The highest BCUT2D eigenvalue weighted by Crippen LogP contribution is 2.19. The summed E-state index contributed by atoms with van der Waals surface area (Å²) in [6.45, 7) is 4.05. The first-order chi connectivity index (χ1) is 44.6. The van der Waals surface area contributed by atoms with Crippen LogP contribution in [0.3, 0.4) is 0 Å². The summed E-state index contributed by atoms with van der Waals surface area (Å²) in [5.74, 6) is -0.577. The number of hydrogen-bond acceptors (Lipinski definition) is 5. The number of carbonyl (C=O) groups is 2. The van der Waals surface area contributed by atoms with Gasteiger partial charge in [0, 0.05) is 12.8 Å². The summed E-state index contributed by atoms with van der Waals surface area (Å²) in [5.41, 5.74) is 0. The largest absolute Gasteiger partial charge is 0.462 e. The summed E-state index contributed by atoms with van der Waals surface area (Å²) in [4.78, 5) is 24.7. The van der Waals surface area contributed by atoms with Crippen LogP contribution in [0.2, 0.25) is 0 Å². The monoisotopic (exact) mass is 1250 g/mol. The van der Waals surface area contributed by atoms with Crippen molar-refractivity contribution in [1.29, 1.82) is 0 Å². The van der Waals surface area contributed by atoms with Gasteiger partial charge in [-0.05, 0) is 109 Å². The van der Waals surface area contributed by atoms with E-state index in [0.717, 1.165) is 96.3 Å². The highest BCUT2D eigenvalue weighted by molar-refractivity contribution is 5.70. The quantitative estimate of drug-likeness (QED) is 0.0373. The summed E-state index contributed by atoms with van der Waals surface area (Å²) >= 11 is 0. The molecule has 1 atom stereocenters. The SMILES string of the molecule is CC/C=C\C/C=C\C/C=C\C/C=C\C/C=C\C/C=C\C/C=C\C/C=C\CCCCCCCCCCCCCCCCC(=O)OC(CO)COC(=O)CCCCCCCCCCCCCCCCCCCCCCCCCCC/C=C\C/C=C\CCCCCCC. The van der Waals surface area contributed by atoms with Crippen molar-refractivity contribution in [1.82, 2.24) is 0 Å². The van der Waals surface area contributed by atoms with Crippen LogP contribution >= 0.6 is 0 Å². The molecular weight excluding hydrogens is 1100 g/mol. The minimum absolute atomic E-state index is 0.0659. The number of ether oxygens (including phenoxy) is 2. The molecule has 0 amide bonds. The molecule has 0 aromatic carbocycles. The fourth-order valence-corrected chi connectivity index (χ4v) is 11.4. The van der Waals surface area contributed by atoms with E-state index >= 15 is 0 Å². The Kier molecular flexibility index (Phi) is 76.3. The Labute approximate surface area is 560 Å². The van der Waals surface area contributed by atoms with Gasteiger partial charge >= 0.3 is 11.9 Å². The molecule has 0 bridgehead atoms. The summed E-state index contributed by atoms with van der Waals surface area (Å²) in [7, 11) is 0. The fraction of sp³-hybridized carbons (Fsp3) is 0.741. The lowest BCUT2D eigenvalue weighted by atomic mass is 10.0. The first-order valence-electron chi connectivity index (χ1n) is 39.1. The highest BCUT2D eigenvalue weighted by atomic mass is 16.6. The second-order valence-corrected chi connectivity index (χ2v) is 26.1. The zero-order chi connectivity index (χ0) is 64.7. The maximum Gasteiger partial charge on any atom is 0.306 e. The number of rotatable bonds is 72. The zero-order valence-electron chi connectivity index (χ0n) is 59.6. The molecule has 1 unspecified atom stereocenters. The second kappa shape index (κ2) is 79.5. The number of aliphatic hydroxyl groups excluding tert-OH is 1. The van der Waals surface area contributed by atoms with Gasteiger partial charge < -0.3 is 14.6 Å². The first kappa shape index (κ1) is 86.3. The van der Waals surface area contributed by atoms with E-state index < -0.39 is 6.10 Å². The van der Waals surface area contributed by atoms with Crippen molar-refractivity contribution in [2.45, 2.75) is 392 Å². The van der Waals surface area contributed by atoms with Crippen LogP contribution in [0.5, 0.6) is 0 Å². The van der Waals surface area contributed by atoms with E-state index in [0.29, 0.717) is 12.8 Å². The van der Waals surface area contributed by atoms with Gasteiger partial charge in [0.2, 0.25) is 0 Å². The van der Waals surface area contributed by atoms with Crippen LogP contribution in [-0.2, 0) is 19.1 Å². The van der Waals surface area contributed by atoms with Gasteiger partial charge in [-0.15, -0.1) is 0 Å². The fourth-order valence-electron chi connectivity index (χ4n) is 11.4. The molecule has 5 heteroatoms. The zero-order valence-corrected chi connectivity index (χ0v) is 59.6. The molecule has 0 aliphatic rings. The van der Waals surface area contributed by atoms with Gasteiger partial charge in [-0.3, -0.25) is 9.59 Å². The molecule has 0 aromatic rings. The first-order valence-corrected chi connectivity index (χ1v) is 39.1. The van der Waals surface area contributed by atoms with Crippen LogP contribution in [0.4, 0.5) is 0 Å². The molecular formula is C85H148O5. The minimum atomic E-state index is -0.778. The van der Waals surface area contributed by atoms with Crippen LogP contribution < -0.4 is 0 Å². The molecule has 0 rings (SSSR count). The van der Waals surface area contributed by atoms with Gasteiger partial charge in [0.25, 0.3) is 0 Å². The lowest BCUT2D eigenvalue weighted by molar-refractivity contribution is -0.161. The summed E-state index contributed by atoms with van der Waals surface area (Å²) in [6.07, 6.45) is 117. The van der Waals surface area contributed by atoms with Gasteiger partial charge in [-0.2, -0.15) is 0 Å². The summed E-state index contributed by atoms with van der Waals surface area (Å²) < 4.78 is 10.8. The summed E-state index contributed by atoms with van der Waals surface area (Å²) in [5, 5.41) is 9.73. The molecule has 0 saturated carbocycles. The predicted octanol–water partition coefficient (Wildman–Crippen LogP) is 27.7. The molecule has 1 N–H and O–H groups in total. The van der Waals surface area contributed by atoms with Crippen molar-refractivity contribution in [2.24, 2.45) is 0 Å². The Bertz CT molecular complexity index is 1750. The number of hydrogen-bond donors (Lipinski definition) is 1. The van der Waals surface area contributed by atoms with Crippen molar-refractivity contribution in [3.8, 4) is 0 Å². The molecule has 0 fully saturated rings. The van der Waals surface area contributed by atoms with E-state index in [9.17, 15) is 14.7 Å². The predicted molar refractivity (Wildman–Crippen MR) is 398 cm³/mol. The van der Waals surface area contributed by atoms with Crippen LogP contribution in [0.15, 0.2) is 122 Å². The van der Waals surface area contributed by atoms with Crippen molar-refractivity contribution in [3.63, 3.8) is 0 Å². The average Bonchev–Trinajstić information content (AvgIpc) is 3.59. The normalized spacial score (nSPS) is 12.9. The lowest BCUT2D eigenvalue weighted by Crippen LogP contribution is -2.28. The van der Waals surface area contributed by atoms with E-state index in [1.165, 1.54) is 263 Å². The molecule has 0 heterocycles. The lowest BCUT2D eigenvalue weighted by Gasteiger charge is -2.15. The third kappa shape index (κ3) is 76.8. The minimum Gasteiger partial charge on any atom is -0.462 e. The Hall–Kier alpha value is -3.70. The van der Waals surface area contributed by atoms with Crippen molar-refractivity contribution >= 4 is 11.9 Å². The molecule has 0 spiro atoms. The summed E-state index contributed by atoms with van der Waals surface area (Å²) in [6, 6.07) is 0. The number of unbranched alkanes of at least 4 members (excludes halogenated alkanes) is 44. The number of carbonyl (C=O) groups excluding carboxylic acids is 2. The van der Waals surface area contributed by atoms with Crippen molar-refractivity contribution in [3.05, 3.63) is 122 Å². The molecule has 0 aliphatic carbocycles. The van der Waals surface area contributed by atoms with Crippen molar-refractivity contribution < 1.29 is 24.2 Å². The standard InChI is InChI=1S/C85H148O5/c1-3-5-7-9-11-13-15-17-19-21-23-25-27-29-31-33-35-37-39-41-42-44-46-48-50-52-54-56-58-60-62-64-66-68-70-72-74-76-78-80-85(88)90-83(81-86)82-89-84(87)79-77-75-73-71-69-67-65-63-61-59-57-55-53-51-49-47-45-43-40-38-36-34-32-30-28-26-24-22-20-18-16-14-12-10-8-6-4-2/h5,7,11,13,16-19,22-25,29,31,35,37,41-42,46,48,83,86H,3-4,6,8-10,12,14-15,20-21,26-28,30,32-34,36,38-40,43-45,47,49-82H2,1-2H3/b7-5-,13-11-,18-16-,19-17-,24-22-,25-23-,31-29-,37-35-,42-41-,48-46-. The number of esters is 2. The highest BCUT2D eigenvalue weighted by Gasteiger charge is 2.16. The smallest absolute Gasteiger partial charge is 0.306 e. The van der Waals surface area contributed by atoms with Crippen LogP contribution in [-0.4, -0.2) is 36.4 Å². The Morgan fingerprint density at radius 2 is 0.478 bits per heavy atom. The molecule has 90 heavy (non-hydrogen) atoms. The maximum atomic E-state index is 12.4. The van der Waals surface area contributed by atoms with Crippen LogP contribution in [0.1, 0.15) is 386 Å². The maximum absolute atomic E-state index is 12.4. The number of allylic oxidation sites excluding steroid dienone is 20. The average molecular weight is 1250 g/mol. The molecule has 0 saturated heterocycles. The van der Waals surface area contributed by atoms with E-state index in [-0.39, 0.29) is 25.2 Å². The third-order valence-electron chi connectivity index (χ3n) is 17.2. The van der Waals surface area contributed by atoms with Gasteiger partial charge in [-0.25, -0.2) is 0 Å². The van der Waals surface area contributed by atoms with Gasteiger partial charge in [0.15, 0.2) is 6.10 Å².